The van der Waals surface area contributed by atoms with Gasteiger partial charge < -0.3 is 14.8 Å². The van der Waals surface area contributed by atoms with Crippen LogP contribution in [0.4, 0.5) is 5.69 Å². The van der Waals surface area contributed by atoms with Gasteiger partial charge in [0.1, 0.15) is 18.4 Å². The lowest BCUT2D eigenvalue weighted by molar-refractivity contribution is -0.385. The number of hydrogen-bond acceptors (Lipinski definition) is 6. The highest BCUT2D eigenvalue weighted by Gasteiger charge is 2.19. The van der Waals surface area contributed by atoms with Crippen molar-refractivity contribution >= 4 is 11.7 Å². The molecule has 0 radical (unpaired) electrons. The second kappa shape index (κ2) is 7.44. The van der Waals surface area contributed by atoms with Crippen molar-refractivity contribution in [1.29, 1.82) is 0 Å². The van der Waals surface area contributed by atoms with Gasteiger partial charge in [-0.15, -0.1) is 0 Å². The molecule has 0 aromatic heterocycles. The minimum atomic E-state index is -0.569. The first-order valence-corrected chi connectivity index (χ1v) is 6.18. The molecule has 0 aliphatic heterocycles. The third kappa shape index (κ3) is 4.20. The molecule has 1 unspecified atom stereocenters. The molecule has 0 heterocycles. The number of ether oxygens (including phenoxy) is 2. The summed E-state index contributed by atoms with van der Waals surface area (Å²) in [7, 11) is 1.31. The number of carbonyl (C=O) groups excluding carboxylic acids is 1. The first-order valence-electron chi connectivity index (χ1n) is 6.18. The fourth-order valence-corrected chi connectivity index (χ4v) is 1.70. The zero-order valence-corrected chi connectivity index (χ0v) is 11.7. The molecule has 0 spiro atoms. The second-order valence-corrected chi connectivity index (χ2v) is 4.15. The molecule has 7 heteroatoms. The van der Waals surface area contributed by atoms with Crippen LogP contribution in [0.25, 0.3) is 0 Å². The smallest absolute Gasteiger partial charge is 0.326 e. The lowest BCUT2D eigenvalue weighted by Crippen LogP contribution is -2.42. The maximum Gasteiger partial charge on any atom is 0.326 e. The predicted octanol–water partition coefficient (Wildman–Crippen LogP) is 1.43. The van der Waals surface area contributed by atoms with E-state index in [0.29, 0.717) is 17.9 Å². The molecule has 1 aromatic carbocycles. The SMILES string of the molecule is CCNC(COc1ccc([N+](=O)[O-])c(C)c1)C(=O)OC. The molecule has 1 rings (SSSR count). The lowest BCUT2D eigenvalue weighted by atomic mass is 10.2. The van der Waals surface area contributed by atoms with Gasteiger partial charge in [0.2, 0.25) is 0 Å². The van der Waals surface area contributed by atoms with E-state index in [2.05, 4.69) is 10.1 Å². The van der Waals surface area contributed by atoms with E-state index in [1.807, 2.05) is 6.92 Å². The van der Waals surface area contributed by atoms with Gasteiger partial charge in [-0.3, -0.25) is 14.9 Å². The summed E-state index contributed by atoms with van der Waals surface area (Å²) >= 11 is 0. The zero-order valence-electron chi connectivity index (χ0n) is 11.7. The average Bonchev–Trinajstić information content (AvgIpc) is 2.42. The minimum Gasteiger partial charge on any atom is -0.491 e. The Morgan fingerprint density at radius 2 is 2.20 bits per heavy atom. The van der Waals surface area contributed by atoms with Gasteiger partial charge in [-0.1, -0.05) is 6.92 Å². The Morgan fingerprint density at radius 1 is 1.50 bits per heavy atom. The molecule has 0 saturated heterocycles. The maximum absolute atomic E-state index is 11.5. The van der Waals surface area contributed by atoms with Crippen LogP contribution in [0.1, 0.15) is 12.5 Å². The summed E-state index contributed by atoms with van der Waals surface area (Å²) in [6.45, 7) is 4.19. The van der Waals surface area contributed by atoms with Gasteiger partial charge in [0.05, 0.1) is 12.0 Å². The van der Waals surface area contributed by atoms with Crippen molar-refractivity contribution in [3.8, 4) is 5.75 Å². The van der Waals surface area contributed by atoms with E-state index in [1.165, 1.54) is 19.2 Å². The topological polar surface area (TPSA) is 90.7 Å². The number of benzene rings is 1. The number of methoxy groups -OCH3 is 1. The van der Waals surface area contributed by atoms with E-state index in [-0.39, 0.29) is 12.3 Å². The van der Waals surface area contributed by atoms with Crippen LogP contribution < -0.4 is 10.1 Å². The van der Waals surface area contributed by atoms with Crippen molar-refractivity contribution in [3.05, 3.63) is 33.9 Å². The number of nitrogens with one attached hydrogen (secondary N) is 1. The van der Waals surface area contributed by atoms with Crippen LogP contribution in [0.5, 0.6) is 5.75 Å². The molecule has 20 heavy (non-hydrogen) atoms. The molecule has 0 aliphatic carbocycles. The van der Waals surface area contributed by atoms with Crippen molar-refractivity contribution in [3.63, 3.8) is 0 Å². The Morgan fingerprint density at radius 3 is 2.70 bits per heavy atom. The van der Waals surface area contributed by atoms with E-state index in [9.17, 15) is 14.9 Å². The number of rotatable bonds is 7. The quantitative estimate of drug-likeness (QED) is 0.462. The highest BCUT2D eigenvalue weighted by atomic mass is 16.6. The third-order valence-corrected chi connectivity index (χ3v) is 2.72. The van der Waals surface area contributed by atoms with Crippen molar-refractivity contribution in [1.82, 2.24) is 5.32 Å². The second-order valence-electron chi connectivity index (χ2n) is 4.15. The number of nitro benzene ring substituents is 1. The van der Waals surface area contributed by atoms with Crippen molar-refractivity contribution in [2.75, 3.05) is 20.3 Å². The standard InChI is InChI=1S/C13H18N2O5/c1-4-14-11(13(16)19-3)8-20-10-5-6-12(15(17)18)9(2)7-10/h5-7,11,14H,4,8H2,1-3H3. The monoisotopic (exact) mass is 282 g/mol. The van der Waals surface area contributed by atoms with Crippen LogP contribution in [0.15, 0.2) is 18.2 Å². The molecule has 1 aromatic rings. The Hall–Kier alpha value is -2.15. The normalized spacial score (nSPS) is 11.8. The highest BCUT2D eigenvalue weighted by molar-refractivity contribution is 5.75. The summed E-state index contributed by atoms with van der Waals surface area (Å²) in [6, 6.07) is 3.88. The maximum atomic E-state index is 11.5. The van der Waals surface area contributed by atoms with E-state index < -0.39 is 16.9 Å². The molecular formula is C13H18N2O5. The van der Waals surface area contributed by atoms with Crippen molar-refractivity contribution in [2.45, 2.75) is 19.9 Å². The van der Waals surface area contributed by atoms with Crippen molar-refractivity contribution < 1.29 is 19.2 Å². The van der Waals surface area contributed by atoms with Gasteiger partial charge in [-0.05, 0) is 25.6 Å². The third-order valence-electron chi connectivity index (χ3n) is 2.72. The highest BCUT2D eigenvalue weighted by Crippen LogP contribution is 2.23. The number of nitro groups is 1. The molecule has 0 bridgehead atoms. The summed E-state index contributed by atoms with van der Waals surface area (Å²) in [4.78, 5) is 21.7. The van der Waals surface area contributed by atoms with E-state index in [4.69, 9.17) is 4.74 Å². The van der Waals surface area contributed by atoms with Crippen LogP contribution in [0.3, 0.4) is 0 Å². The molecular weight excluding hydrogens is 264 g/mol. The number of hydrogen-bond donors (Lipinski definition) is 1. The number of likely N-dealkylation sites (N-methyl/N-ethyl adjacent to an activating group) is 1. The first kappa shape index (κ1) is 15.9. The number of aryl methyl sites for hydroxylation is 1. The molecule has 0 amide bonds. The van der Waals surface area contributed by atoms with Crippen molar-refractivity contribution in [2.24, 2.45) is 0 Å². The van der Waals surface area contributed by atoms with Crippen LogP contribution in [0, 0.1) is 17.0 Å². The molecule has 0 aliphatic rings. The van der Waals surface area contributed by atoms with Gasteiger partial charge in [0.25, 0.3) is 5.69 Å². The minimum absolute atomic E-state index is 0.0357. The molecule has 1 N–H and O–H groups in total. The van der Waals surface area contributed by atoms with E-state index in [1.54, 1.807) is 13.0 Å². The fraction of sp³-hybridized carbons (Fsp3) is 0.462. The zero-order chi connectivity index (χ0) is 15.1. The van der Waals surface area contributed by atoms with E-state index >= 15 is 0 Å². The Kier molecular flexibility index (Phi) is 5.92. The van der Waals surface area contributed by atoms with Gasteiger partial charge in [0, 0.05) is 11.6 Å². The fourth-order valence-electron chi connectivity index (χ4n) is 1.70. The Bertz CT molecular complexity index is 490. The summed E-state index contributed by atoms with van der Waals surface area (Å²) in [6.07, 6.45) is 0. The van der Waals surface area contributed by atoms with Gasteiger partial charge in [-0.25, -0.2) is 0 Å². The van der Waals surface area contributed by atoms with Crippen LogP contribution >= 0.6 is 0 Å². The molecule has 110 valence electrons. The molecule has 0 saturated carbocycles. The number of carbonyl (C=O) groups is 1. The van der Waals surface area contributed by atoms with Gasteiger partial charge in [-0.2, -0.15) is 0 Å². The Labute approximate surface area is 117 Å². The average molecular weight is 282 g/mol. The molecule has 0 fully saturated rings. The number of nitrogens with zero attached hydrogens (tertiary/aromatic N) is 1. The first-order chi connectivity index (χ1) is 9.49. The predicted molar refractivity (Wildman–Crippen MR) is 72.8 cm³/mol. The lowest BCUT2D eigenvalue weighted by Gasteiger charge is -2.16. The molecule has 7 nitrogen and oxygen atoms in total. The summed E-state index contributed by atoms with van der Waals surface area (Å²) < 4.78 is 10.1. The Balaban J connectivity index is 2.71. The van der Waals surface area contributed by atoms with Crippen LogP contribution in [0.2, 0.25) is 0 Å². The van der Waals surface area contributed by atoms with Gasteiger partial charge in [0.15, 0.2) is 0 Å². The molecule has 1 atom stereocenters. The van der Waals surface area contributed by atoms with Crippen LogP contribution in [-0.4, -0.2) is 37.2 Å². The largest absolute Gasteiger partial charge is 0.491 e. The summed E-state index contributed by atoms with van der Waals surface area (Å²) in [5, 5.41) is 13.6. The summed E-state index contributed by atoms with van der Waals surface area (Å²) in [5.41, 5.74) is 0.541. The summed E-state index contributed by atoms with van der Waals surface area (Å²) in [5.74, 6) is 0.0605. The number of esters is 1. The van der Waals surface area contributed by atoms with E-state index in [0.717, 1.165) is 0 Å². The van der Waals surface area contributed by atoms with Gasteiger partial charge >= 0.3 is 5.97 Å². The van der Waals surface area contributed by atoms with Crippen LogP contribution in [-0.2, 0) is 9.53 Å².